The number of benzene rings is 1. The van der Waals surface area contributed by atoms with Gasteiger partial charge in [-0.1, -0.05) is 6.92 Å². The summed E-state index contributed by atoms with van der Waals surface area (Å²) in [4.78, 5) is 12.3. The van der Waals surface area contributed by atoms with Crippen LogP contribution in [0.5, 0.6) is 5.75 Å². The Morgan fingerprint density at radius 2 is 1.85 bits per heavy atom. The number of rotatable bonds is 7. The quantitative estimate of drug-likeness (QED) is 0.600. The molecule has 34 heavy (non-hydrogen) atoms. The van der Waals surface area contributed by atoms with Crippen LogP contribution < -0.4 is 10.1 Å². The van der Waals surface area contributed by atoms with Gasteiger partial charge >= 0.3 is 6.36 Å². The highest BCUT2D eigenvalue weighted by molar-refractivity contribution is 5.78. The van der Waals surface area contributed by atoms with Crippen LogP contribution in [0.15, 0.2) is 28.7 Å². The van der Waals surface area contributed by atoms with E-state index in [0.717, 1.165) is 0 Å². The van der Waals surface area contributed by atoms with Crippen LogP contribution in [0.1, 0.15) is 43.6 Å². The van der Waals surface area contributed by atoms with Crippen LogP contribution in [0.2, 0.25) is 0 Å². The second-order valence-corrected chi connectivity index (χ2v) is 9.02. The number of fused-ring (bicyclic) bond motifs is 1. The molecule has 1 N–H and O–H groups in total. The van der Waals surface area contributed by atoms with Crippen molar-refractivity contribution in [3.05, 3.63) is 41.9 Å². The first-order valence-corrected chi connectivity index (χ1v) is 11.0. The van der Waals surface area contributed by atoms with Crippen LogP contribution in [0.25, 0.3) is 0 Å². The summed E-state index contributed by atoms with van der Waals surface area (Å²) < 4.78 is 70.9. The number of carbonyl (C=O) groups is 1. The largest absolute Gasteiger partial charge is 0.522 e. The van der Waals surface area contributed by atoms with E-state index in [1.54, 1.807) is 0 Å². The van der Waals surface area contributed by atoms with Crippen LogP contribution in [0.4, 0.5) is 17.6 Å². The van der Waals surface area contributed by atoms with Gasteiger partial charge in [-0.15, -0.1) is 23.4 Å². The van der Waals surface area contributed by atoms with Gasteiger partial charge < -0.3 is 19.2 Å². The molecule has 1 aliphatic heterocycles. The molecule has 5 atom stereocenters. The Morgan fingerprint density at radius 1 is 1.15 bits per heavy atom. The summed E-state index contributed by atoms with van der Waals surface area (Å²) in [6, 6.07) is 5.20. The first kappa shape index (κ1) is 23.0. The third-order valence-electron chi connectivity index (χ3n) is 6.76. The van der Waals surface area contributed by atoms with Crippen molar-refractivity contribution in [2.45, 2.75) is 50.3 Å². The summed E-state index contributed by atoms with van der Waals surface area (Å²) >= 11 is 0. The van der Waals surface area contributed by atoms with E-state index in [0.29, 0.717) is 17.5 Å². The van der Waals surface area contributed by atoms with E-state index in [1.807, 2.05) is 6.92 Å². The molecular weight excluding hydrogens is 462 g/mol. The van der Waals surface area contributed by atoms with Gasteiger partial charge in [0.15, 0.2) is 6.61 Å². The number of nitrogens with one attached hydrogen (secondary N) is 1. The van der Waals surface area contributed by atoms with Gasteiger partial charge in [-0.3, -0.25) is 9.53 Å². The van der Waals surface area contributed by atoms with Crippen LogP contribution in [-0.4, -0.2) is 47.8 Å². The summed E-state index contributed by atoms with van der Waals surface area (Å²) in [5.41, 5.74) is 0. The standard InChI is InChI=1S/C22H23F4N3O5/c1-10-17-15(27-16(30)9-31-13-4-2-12(23)3-5-13)8-32-19(18(10)17)21-29-28-20(33-21)11-6-14(7-11)34-22(24,25)26/h2-5,10-11,14-15,17-19H,6-9H2,1H3,(H,27,30)/t10-,11?,14?,15-,17-,18-,19-/m0/s1. The van der Waals surface area contributed by atoms with Crippen molar-refractivity contribution in [1.29, 1.82) is 0 Å². The summed E-state index contributed by atoms with van der Waals surface area (Å²) in [6.07, 6.45) is -5.63. The monoisotopic (exact) mass is 485 g/mol. The zero-order chi connectivity index (χ0) is 24.0. The molecule has 1 saturated heterocycles. The van der Waals surface area contributed by atoms with Gasteiger partial charge in [0, 0.05) is 11.8 Å². The Labute approximate surface area is 191 Å². The van der Waals surface area contributed by atoms with Crippen LogP contribution in [0, 0.1) is 23.6 Å². The van der Waals surface area contributed by atoms with Crippen molar-refractivity contribution < 1.29 is 41.0 Å². The van der Waals surface area contributed by atoms with E-state index in [9.17, 15) is 22.4 Å². The maximum atomic E-state index is 13.0. The molecule has 2 aliphatic carbocycles. The first-order chi connectivity index (χ1) is 16.2. The molecule has 5 rings (SSSR count). The predicted molar refractivity (Wildman–Crippen MR) is 106 cm³/mol. The molecule has 0 radical (unpaired) electrons. The normalized spacial score (nSPS) is 32.4. The summed E-state index contributed by atoms with van der Waals surface area (Å²) in [5.74, 6) is 0.513. The Hall–Kier alpha value is -2.73. The summed E-state index contributed by atoms with van der Waals surface area (Å²) in [7, 11) is 0. The van der Waals surface area contributed by atoms with Gasteiger partial charge in [-0.05, 0) is 48.9 Å². The van der Waals surface area contributed by atoms with Gasteiger partial charge in [0.1, 0.15) is 17.7 Å². The third kappa shape index (κ3) is 4.88. The Bertz CT molecular complexity index is 1020. The lowest BCUT2D eigenvalue weighted by Gasteiger charge is -2.32. The molecule has 2 heterocycles. The highest BCUT2D eigenvalue weighted by Gasteiger charge is 2.60. The van der Waals surface area contributed by atoms with Crippen LogP contribution in [-0.2, 0) is 14.3 Å². The molecule has 0 spiro atoms. The lowest BCUT2D eigenvalue weighted by molar-refractivity contribution is -0.352. The fourth-order valence-corrected chi connectivity index (χ4v) is 4.95. The topological polar surface area (TPSA) is 95.7 Å². The molecule has 0 bridgehead atoms. The van der Waals surface area contributed by atoms with E-state index in [-0.39, 0.29) is 67.5 Å². The Balaban J connectivity index is 1.11. The van der Waals surface area contributed by atoms with E-state index in [4.69, 9.17) is 13.9 Å². The van der Waals surface area contributed by atoms with Gasteiger partial charge in [-0.25, -0.2) is 4.39 Å². The number of hydrogen-bond donors (Lipinski definition) is 1. The van der Waals surface area contributed by atoms with Crippen LogP contribution in [0.3, 0.4) is 0 Å². The smallest absolute Gasteiger partial charge is 0.484 e. The number of aromatic nitrogens is 2. The van der Waals surface area contributed by atoms with Gasteiger partial charge in [0.05, 0.1) is 18.8 Å². The van der Waals surface area contributed by atoms with Crippen molar-refractivity contribution in [2.75, 3.05) is 13.2 Å². The number of nitrogens with zero attached hydrogens (tertiary/aromatic N) is 2. The lowest BCUT2D eigenvalue weighted by Crippen LogP contribution is -2.45. The maximum absolute atomic E-state index is 13.0. The molecule has 3 aliphatic rings. The lowest BCUT2D eigenvalue weighted by atomic mass is 9.82. The zero-order valence-corrected chi connectivity index (χ0v) is 18.1. The molecule has 0 unspecified atom stereocenters. The van der Waals surface area contributed by atoms with Gasteiger partial charge in [0.25, 0.3) is 5.91 Å². The molecule has 12 heteroatoms. The zero-order valence-electron chi connectivity index (χ0n) is 18.1. The van der Waals surface area contributed by atoms with E-state index < -0.39 is 18.6 Å². The minimum absolute atomic E-state index is 0.0769. The third-order valence-corrected chi connectivity index (χ3v) is 6.76. The van der Waals surface area contributed by atoms with Crippen molar-refractivity contribution in [2.24, 2.45) is 17.8 Å². The van der Waals surface area contributed by atoms with Crippen molar-refractivity contribution in [1.82, 2.24) is 15.5 Å². The Kier molecular flexibility index (Phi) is 5.96. The number of alkyl halides is 3. The fraction of sp³-hybridized carbons (Fsp3) is 0.591. The molecule has 1 aromatic carbocycles. The van der Waals surface area contributed by atoms with E-state index in [2.05, 4.69) is 20.3 Å². The molecule has 2 aromatic rings. The molecule has 1 aromatic heterocycles. The molecule has 184 valence electrons. The van der Waals surface area contributed by atoms with Crippen molar-refractivity contribution in [3.63, 3.8) is 0 Å². The number of hydrogen-bond acceptors (Lipinski definition) is 7. The number of amides is 1. The second-order valence-electron chi connectivity index (χ2n) is 9.02. The van der Waals surface area contributed by atoms with Crippen molar-refractivity contribution >= 4 is 5.91 Å². The number of ether oxygens (including phenoxy) is 3. The highest BCUT2D eigenvalue weighted by Crippen LogP contribution is 2.58. The summed E-state index contributed by atoms with van der Waals surface area (Å²) in [6.45, 7) is 2.10. The molecule has 1 amide bonds. The minimum atomic E-state index is -4.65. The average molecular weight is 485 g/mol. The summed E-state index contributed by atoms with van der Waals surface area (Å²) in [5, 5.41) is 11.0. The van der Waals surface area contributed by atoms with Gasteiger partial charge in [0.2, 0.25) is 11.8 Å². The molecular formula is C22H23F4N3O5. The molecule has 3 fully saturated rings. The SMILES string of the molecule is C[C@H]1[C@@H]2[C@H]1[C@@H](c1nnc(C3CC(OC(F)(F)F)C3)o1)OC[C@@H]2NC(=O)COc1ccc(F)cc1. The van der Waals surface area contributed by atoms with Gasteiger partial charge in [-0.2, -0.15) is 0 Å². The van der Waals surface area contributed by atoms with E-state index >= 15 is 0 Å². The predicted octanol–water partition coefficient (Wildman–Crippen LogP) is 3.51. The number of halogens is 4. The fourth-order valence-electron chi connectivity index (χ4n) is 4.95. The Morgan fingerprint density at radius 3 is 2.56 bits per heavy atom. The molecule has 2 saturated carbocycles. The highest BCUT2D eigenvalue weighted by atomic mass is 19.4. The minimum Gasteiger partial charge on any atom is -0.484 e. The molecule has 8 nitrogen and oxygen atoms in total. The number of carbonyl (C=O) groups excluding carboxylic acids is 1. The first-order valence-electron chi connectivity index (χ1n) is 11.0. The maximum Gasteiger partial charge on any atom is 0.522 e. The van der Waals surface area contributed by atoms with Crippen LogP contribution >= 0.6 is 0 Å². The van der Waals surface area contributed by atoms with Crippen molar-refractivity contribution in [3.8, 4) is 5.75 Å². The average Bonchev–Trinajstić information content (AvgIpc) is 3.20. The second kappa shape index (κ2) is 8.81. The van der Waals surface area contributed by atoms with E-state index in [1.165, 1.54) is 24.3 Å².